The molecule has 1 fully saturated rings. The molecule has 2 aromatic rings. The highest BCUT2D eigenvalue weighted by Gasteiger charge is 2.28. The molecule has 1 atom stereocenters. The van der Waals surface area contributed by atoms with Crippen molar-refractivity contribution in [3.05, 3.63) is 64.7 Å². The van der Waals surface area contributed by atoms with Crippen molar-refractivity contribution in [1.29, 1.82) is 0 Å². The largest absolute Gasteiger partial charge is 0.484 e. The van der Waals surface area contributed by atoms with Gasteiger partial charge in [-0.15, -0.1) is 0 Å². The molecule has 0 spiro atoms. The van der Waals surface area contributed by atoms with Gasteiger partial charge in [0, 0.05) is 17.6 Å². The Morgan fingerprint density at radius 3 is 2.38 bits per heavy atom. The first kappa shape index (κ1) is 26.1. The molecule has 1 aliphatic rings. The normalized spacial score (nSPS) is 15.4. The Morgan fingerprint density at radius 1 is 1.09 bits per heavy atom. The molecule has 5 nitrogen and oxygen atoms in total. The Balaban J connectivity index is 1.69. The summed E-state index contributed by atoms with van der Waals surface area (Å²) in [7, 11) is 0. The van der Waals surface area contributed by atoms with Gasteiger partial charge in [-0.3, -0.25) is 9.59 Å². The van der Waals surface area contributed by atoms with Crippen molar-refractivity contribution in [3.8, 4) is 5.75 Å². The van der Waals surface area contributed by atoms with Crippen LogP contribution in [-0.4, -0.2) is 35.4 Å². The van der Waals surface area contributed by atoms with E-state index >= 15 is 0 Å². The quantitative estimate of drug-likeness (QED) is 0.508. The molecule has 0 unspecified atom stereocenters. The average Bonchev–Trinajstić information content (AvgIpc) is 2.81. The molecular weight excluding hydrogens is 448 g/mol. The number of ether oxygens (including phenoxy) is 1. The zero-order valence-corrected chi connectivity index (χ0v) is 21.5. The highest BCUT2D eigenvalue weighted by molar-refractivity contribution is 6.30. The van der Waals surface area contributed by atoms with Crippen LogP contribution in [0.1, 0.15) is 70.9 Å². The van der Waals surface area contributed by atoms with Crippen molar-refractivity contribution in [2.24, 2.45) is 0 Å². The molecule has 1 N–H and O–H groups in total. The number of carbonyl (C=O) groups excluding carboxylic acids is 2. The van der Waals surface area contributed by atoms with Crippen molar-refractivity contribution >= 4 is 23.4 Å². The average molecular weight is 485 g/mol. The zero-order valence-electron chi connectivity index (χ0n) is 20.8. The molecule has 2 aromatic carbocycles. The highest BCUT2D eigenvalue weighted by atomic mass is 35.5. The van der Waals surface area contributed by atoms with Gasteiger partial charge >= 0.3 is 0 Å². The number of carbonyl (C=O) groups is 2. The van der Waals surface area contributed by atoms with Crippen LogP contribution in [0.15, 0.2) is 48.5 Å². The maximum absolute atomic E-state index is 13.3. The van der Waals surface area contributed by atoms with E-state index in [9.17, 15) is 9.59 Å². The Kier molecular flexibility index (Phi) is 9.01. The molecule has 0 radical (unpaired) electrons. The number of benzene rings is 2. The molecule has 1 aliphatic carbocycles. The second-order valence-corrected chi connectivity index (χ2v) is 10.7. The maximum atomic E-state index is 13.3. The number of nitrogens with one attached hydrogen (secondary N) is 1. The highest BCUT2D eigenvalue weighted by Crippen LogP contribution is 2.24. The lowest BCUT2D eigenvalue weighted by Gasteiger charge is -2.31. The van der Waals surface area contributed by atoms with Crippen LogP contribution in [0.3, 0.4) is 0 Å². The third-order valence-electron chi connectivity index (χ3n) is 6.44. The number of amides is 2. The van der Waals surface area contributed by atoms with Crippen molar-refractivity contribution in [1.82, 2.24) is 10.2 Å². The third kappa shape index (κ3) is 7.49. The molecule has 6 heteroatoms. The summed E-state index contributed by atoms with van der Waals surface area (Å²) in [6.45, 7) is 8.37. The monoisotopic (exact) mass is 484 g/mol. The fourth-order valence-corrected chi connectivity index (χ4v) is 4.48. The number of hydrogen-bond donors (Lipinski definition) is 1. The van der Waals surface area contributed by atoms with Crippen molar-refractivity contribution < 1.29 is 14.3 Å². The summed E-state index contributed by atoms with van der Waals surface area (Å²) in [4.78, 5) is 27.9. The summed E-state index contributed by atoms with van der Waals surface area (Å²) in [5.74, 6) is 0.256. The first-order valence-corrected chi connectivity index (χ1v) is 12.6. The lowest BCUT2D eigenvalue weighted by Crippen LogP contribution is -2.51. The lowest BCUT2D eigenvalue weighted by atomic mass is 9.87. The van der Waals surface area contributed by atoms with Gasteiger partial charge in [0.2, 0.25) is 5.91 Å². The molecule has 1 saturated carbocycles. The number of halogens is 1. The van der Waals surface area contributed by atoms with Gasteiger partial charge in [-0.05, 0) is 60.6 Å². The summed E-state index contributed by atoms with van der Waals surface area (Å²) in [5, 5.41) is 3.74. The molecule has 0 heterocycles. The minimum Gasteiger partial charge on any atom is -0.484 e. The van der Waals surface area contributed by atoms with Gasteiger partial charge in [-0.25, -0.2) is 0 Å². The van der Waals surface area contributed by atoms with Gasteiger partial charge in [0.15, 0.2) is 6.61 Å². The standard InChI is InChI=1S/C28H37ClN2O3/c1-20(27(33)30-24-11-6-5-7-12-24)31(18-21-9-8-10-23(29)17-21)26(32)19-34-25-15-13-22(14-16-25)28(2,3)4/h8-10,13-17,20,24H,5-7,11-12,18-19H2,1-4H3,(H,30,33)/t20-/m0/s1. The molecule has 2 amide bonds. The Labute approximate surface area is 208 Å². The Bertz CT molecular complexity index is 962. The third-order valence-corrected chi connectivity index (χ3v) is 6.68. The second kappa shape index (κ2) is 11.7. The van der Waals surface area contributed by atoms with Gasteiger partial charge in [-0.2, -0.15) is 0 Å². The first-order chi connectivity index (χ1) is 16.1. The molecule has 34 heavy (non-hydrogen) atoms. The van der Waals surface area contributed by atoms with Crippen LogP contribution in [0.25, 0.3) is 0 Å². The number of nitrogens with zero attached hydrogens (tertiary/aromatic N) is 1. The summed E-state index contributed by atoms with van der Waals surface area (Å²) < 4.78 is 5.81. The molecule has 184 valence electrons. The van der Waals surface area contributed by atoms with Crippen molar-refractivity contribution in [2.45, 2.75) is 83.8 Å². The summed E-state index contributed by atoms with van der Waals surface area (Å²) >= 11 is 6.16. The van der Waals surface area contributed by atoms with Crippen molar-refractivity contribution in [3.63, 3.8) is 0 Å². The van der Waals surface area contributed by atoms with Gasteiger partial charge in [0.05, 0.1) is 0 Å². The van der Waals surface area contributed by atoms with Gasteiger partial charge in [0.1, 0.15) is 11.8 Å². The fourth-order valence-electron chi connectivity index (χ4n) is 4.26. The fraction of sp³-hybridized carbons (Fsp3) is 0.500. The van der Waals surface area contributed by atoms with E-state index in [2.05, 4.69) is 26.1 Å². The van der Waals surface area contributed by atoms with Gasteiger partial charge < -0.3 is 15.0 Å². The summed E-state index contributed by atoms with van der Waals surface area (Å²) in [6, 6.07) is 14.7. The molecule has 0 bridgehead atoms. The van der Waals surface area contributed by atoms with Crippen LogP contribution in [0.4, 0.5) is 0 Å². The molecule has 3 rings (SSSR count). The number of rotatable bonds is 8. The molecule has 0 aliphatic heterocycles. The SMILES string of the molecule is C[C@@H](C(=O)NC1CCCCC1)N(Cc1cccc(Cl)c1)C(=O)COc1ccc(C(C)(C)C)cc1. The number of hydrogen-bond acceptors (Lipinski definition) is 3. The predicted molar refractivity (Wildman–Crippen MR) is 137 cm³/mol. The van der Waals surface area contributed by atoms with E-state index in [-0.39, 0.29) is 36.4 Å². The van der Waals surface area contributed by atoms with E-state index in [1.807, 2.05) is 42.5 Å². The van der Waals surface area contributed by atoms with Crippen LogP contribution in [0.5, 0.6) is 5.75 Å². The molecular formula is C28H37ClN2O3. The van der Waals surface area contributed by atoms with E-state index in [1.165, 1.54) is 12.0 Å². The molecule has 0 aromatic heterocycles. The van der Waals surface area contributed by atoms with E-state index in [0.717, 1.165) is 31.2 Å². The minimum absolute atomic E-state index is 0.0449. The van der Waals surface area contributed by atoms with Crippen LogP contribution in [0.2, 0.25) is 5.02 Å². The van der Waals surface area contributed by atoms with Crippen LogP contribution in [-0.2, 0) is 21.5 Å². The Morgan fingerprint density at radius 2 is 1.76 bits per heavy atom. The van der Waals surface area contributed by atoms with E-state index in [4.69, 9.17) is 16.3 Å². The van der Waals surface area contributed by atoms with Crippen LogP contribution in [0, 0.1) is 0 Å². The summed E-state index contributed by atoms with van der Waals surface area (Å²) in [6.07, 6.45) is 5.47. The lowest BCUT2D eigenvalue weighted by molar-refractivity contribution is -0.142. The van der Waals surface area contributed by atoms with Gasteiger partial charge in [-0.1, -0.05) is 75.9 Å². The Hall–Kier alpha value is -2.53. The van der Waals surface area contributed by atoms with E-state index in [0.29, 0.717) is 10.8 Å². The zero-order chi connectivity index (χ0) is 24.7. The van der Waals surface area contributed by atoms with Crippen LogP contribution >= 0.6 is 11.6 Å². The topological polar surface area (TPSA) is 58.6 Å². The maximum Gasteiger partial charge on any atom is 0.261 e. The van der Waals surface area contributed by atoms with Crippen LogP contribution < -0.4 is 10.1 Å². The van der Waals surface area contributed by atoms with Crippen molar-refractivity contribution in [2.75, 3.05) is 6.61 Å². The minimum atomic E-state index is -0.625. The predicted octanol–water partition coefficient (Wildman–Crippen LogP) is 5.88. The van der Waals surface area contributed by atoms with Gasteiger partial charge in [0.25, 0.3) is 5.91 Å². The smallest absolute Gasteiger partial charge is 0.261 e. The second-order valence-electron chi connectivity index (χ2n) is 10.2. The van der Waals surface area contributed by atoms with E-state index in [1.54, 1.807) is 17.9 Å². The van der Waals surface area contributed by atoms with E-state index < -0.39 is 6.04 Å². The molecule has 0 saturated heterocycles. The summed E-state index contributed by atoms with van der Waals surface area (Å²) in [5.41, 5.74) is 2.11. The first-order valence-electron chi connectivity index (χ1n) is 12.2.